The Bertz CT molecular complexity index is 1370. The number of fused-ring (bicyclic) bond motifs is 2. The van der Waals surface area contributed by atoms with E-state index >= 15 is 0 Å². The van der Waals surface area contributed by atoms with Gasteiger partial charge in [0.2, 0.25) is 5.82 Å². The number of nitrogen functional groups attached to an aromatic ring is 1. The van der Waals surface area contributed by atoms with Crippen LogP contribution in [-0.2, 0) is 25.8 Å². The van der Waals surface area contributed by atoms with Crippen LogP contribution in [0.1, 0.15) is 0 Å². The molecule has 36 heavy (non-hydrogen) atoms. The molecule has 0 spiro atoms. The van der Waals surface area contributed by atoms with Crippen molar-refractivity contribution < 1.29 is 28.9 Å². The summed E-state index contributed by atoms with van der Waals surface area (Å²) in [6.45, 7) is 0.217. The number of amidine groups is 1. The highest BCUT2D eigenvalue weighted by atomic mass is 32.2. The van der Waals surface area contributed by atoms with Gasteiger partial charge >= 0.3 is 11.6 Å². The lowest BCUT2D eigenvalue weighted by Crippen LogP contribution is -2.71. The molecule has 3 aliphatic rings. The Labute approximate surface area is 211 Å². The minimum Gasteiger partial charge on any atom is -0.477 e. The maximum atomic E-state index is 13.0. The van der Waals surface area contributed by atoms with Crippen molar-refractivity contribution in [3.05, 3.63) is 47.0 Å². The molecule has 2 aromatic heterocycles. The number of aliphatic carboxylic acids is 1. The SMILES string of the molecule is CO/N=C(\C(=O)N[C@@H]1C(=O)N2C(C(=O)O)=C(C[n+]3ccc(N)n4nccc43)CS[C@H]12)N1C=C(N)SN1. The molecule has 0 aromatic carbocycles. The fraction of sp³-hybridized carbons (Fsp3) is 0.263. The standard InChI is InChI=1S/C19H20N10O5S2/c1-34-24-15(27-7-11(21)36-25-27)16(30)23-13-17(31)28-14(19(32)33)9(8-35-18(13)28)6-26-5-3-10(20)29-12(26)2-4-22-29/h2-5,7,13,18,20,25H,6,8,21H2,1H3,(H2,23,30,32,33)/p+1/b24-15+/t13-,18-/m1/s1. The number of nitrogens with zero attached hydrogens (tertiary/aromatic N) is 6. The summed E-state index contributed by atoms with van der Waals surface area (Å²) in [4.78, 5) is 46.9. The molecule has 17 heteroatoms. The van der Waals surface area contributed by atoms with Gasteiger partial charge in [0.25, 0.3) is 17.6 Å². The number of carboxylic acids is 1. The highest BCUT2D eigenvalue weighted by molar-refractivity contribution is 8.01. The Morgan fingerprint density at radius 3 is 2.92 bits per heavy atom. The van der Waals surface area contributed by atoms with Gasteiger partial charge in [0, 0.05) is 17.4 Å². The first kappa shape index (κ1) is 23.8. The predicted molar refractivity (Wildman–Crippen MR) is 129 cm³/mol. The minimum atomic E-state index is -1.23. The average Bonchev–Trinajstić information content (AvgIpc) is 3.52. The van der Waals surface area contributed by atoms with Crippen LogP contribution >= 0.6 is 23.7 Å². The number of β-lactam (4-membered cyclic amide) rings is 1. The minimum absolute atomic E-state index is 0.102. The third-order valence-corrected chi connectivity index (χ3v) is 7.58. The summed E-state index contributed by atoms with van der Waals surface area (Å²) in [5, 5.41) is 21.5. The molecule has 7 N–H and O–H groups in total. The van der Waals surface area contributed by atoms with Crippen LogP contribution in [0, 0.1) is 0 Å². The quantitative estimate of drug-likeness (QED) is 0.0718. The maximum absolute atomic E-state index is 13.0. The van der Waals surface area contributed by atoms with Crippen LogP contribution < -0.4 is 26.2 Å². The van der Waals surface area contributed by atoms with E-state index in [4.69, 9.17) is 16.3 Å². The van der Waals surface area contributed by atoms with Crippen LogP contribution in [0.4, 0.5) is 5.82 Å². The molecule has 0 aliphatic carbocycles. The molecule has 1 saturated heterocycles. The number of oxime groups is 1. The van der Waals surface area contributed by atoms with Crippen LogP contribution in [0.25, 0.3) is 5.65 Å². The summed E-state index contributed by atoms with van der Waals surface area (Å²) in [6.07, 6.45) is 4.77. The lowest BCUT2D eigenvalue weighted by atomic mass is 10.0. The molecule has 0 unspecified atom stereocenters. The van der Waals surface area contributed by atoms with Crippen LogP contribution in [-0.4, -0.2) is 72.5 Å². The normalized spacial score (nSPS) is 21.9. The Morgan fingerprint density at radius 2 is 2.22 bits per heavy atom. The zero-order chi connectivity index (χ0) is 25.6. The summed E-state index contributed by atoms with van der Waals surface area (Å²) in [5.41, 5.74) is 12.8. The van der Waals surface area contributed by atoms with Gasteiger partial charge in [0.1, 0.15) is 35.8 Å². The van der Waals surface area contributed by atoms with E-state index in [2.05, 4.69) is 20.4 Å². The number of nitrogens with two attached hydrogens (primary N) is 2. The molecule has 1 fully saturated rings. The Kier molecular flexibility index (Phi) is 6.10. The molecular weight excluding hydrogens is 512 g/mol. The van der Waals surface area contributed by atoms with Crippen molar-refractivity contribution in [3.63, 3.8) is 0 Å². The van der Waals surface area contributed by atoms with E-state index in [-0.39, 0.29) is 18.1 Å². The second kappa shape index (κ2) is 9.25. The van der Waals surface area contributed by atoms with E-state index in [0.717, 1.165) is 11.9 Å². The number of rotatable bonds is 5. The van der Waals surface area contributed by atoms with E-state index in [1.165, 1.54) is 39.5 Å². The molecular formula is C19H21N10O5S2+. The Balaban J connectivity index is 1.37. The molecule has 0 bridgehead atoms. The average molecular weight is 534 g/mol. The van der Waals surface area contributed by atoms with E-state index in [9.17, 15) is 19.5 Å². The first-order chi connectivity index (χ1) is 17.3. The van der Waals surface area contributed by atoms with E-state index in [1.54, 1.807) is 29.1 Å². The van der Waals surface area contributed by atoms with Crippen LogP contribution in [0.15, 0.2) is 52.2 Å². The zero-order valence-corrected chi connectivity index (χ0v) is 20.3. The molecule has 0 saturated carbocycles. The highest BCUT2D eigenvalue weighted by Crippen LogP contribution is 2.40. The molecule has 3 aliphatic heterocycles. The summed E-state index contributed by atoms with van der Waals surface area (Å²) >= 11 is 2.43. The first-order valence-corrected chi connectivity index (χ1v) is 12.3. The maximum Gasteiger partial charge on any atom is 0.352 e. The van der Waals surface area contributed by atoms with Crippen molar-refractivity contribution in [2.24, 2.45) is 10.9 Å². The second-order valence-electron chi connectivity index (χ2n) is 7.78. The summed E-state index contributed by atoms with van der Waals surface area (Å²) < 4.78 is 3.34. The molecule has 15 nitrogen and oxygen atoms in total. The van der Waals surface area contributed by atoms with Gasteiger partial charge in [-0.05, 0) is 11.9 Å². The van der Waals surface area contributed by atoms with Crippen molar-refractivity contribution >= 4 is 58.8 Å². The fourth-order valence-electron chi connectivity index (χ4n) is 4.04. The highest BCUT2D eigenvalue weighted by Gasteiger charge is 2.54. The van der Waals surface area contributed by atoms with Gasteiger partial charge in [-0.2, -0.15) is 4.83 Å². The third kappa shape index (κ3) is 3.95. The number of carbonyl (C=O) groups excluding carboxylic acids is 2. The molecule has 188 valence electrons. The largest absolute Gasteiger partial charge is 0.477 e. The number of nitrogens with one attached hydrogen (secondary N) is 2. The zero-order valence-electron chi connectivity index (χ0n) is 18.7. The fourth-order valence-corrected chi connectivity index (χ4v) is 5.88. The predicted octanol–water partition coefficient (Wildman–Crippen LogP) is -1.87. The van der Waals surface area contributed by atoms with Gasteiger partial charge in [-0.25, -0.2) is 14.4 Å². The molecule has 0 radical (unpaired) electrons. The van der Waals surface area contributed by atoms with Crippen molar-refractivity contribution in [1.82, 2.24) is 29.7 Å². The van der Waals surface area contributed by atoms with Gasteiger partial charge in [-0.3, -0.25) is 14.5 Å². The van der Waals surface area contributed by atoms with Gasteiger partial charge in [-0.15, -0.1) is 11.8 Å². The number of thioether (sulfide) groups is 1. The molecule has 2 amide bonds. The topological polar surface area (TPSA) is 197 Å². The molecule has 2 aromatic rings. The van der Waals surface area contributed by atoms with Crippen molar-refractivity contribution in [1.29, 1.82) is 0 Å². The lowest BCUT2D eigenvalue weighted by Gasteiger charge is -2.49. The molecule has 5 heterocycles. The van der Waals surface area contributed by atoms with Crippen LogP contribution in [0.3, 0.4) is 0 Å². The number of anilines is 1. The number of hydrazine groups is 1. The van der Waals surface area contributed by atoms with Gasteiger partial charge in [-0.1, -0.05) is 14.8 Å². The van der Waals surface area contributed by atoms with Gasteiger partial charge in [0.15, 0.2) is 0 Å². The Morgan fingerprint density at radius 1 is 1.42 bits per heavy atom. The third-order valence-electron chi connectivity index (χ3n) is 5.61. The number of carboxylic acid groups (broad SMARTS) is 1. The van der Waals surface area contributed by atoms with E-state index < -0.39 is 29.2 Å². The molecule has 5 rings (SSSR count). The number of aromatic nitrogens is 3. The summed E-state index contributed by atoms with van der Waals surface area (Å²) in [7, 11) is 1.28. The van der Waals surface area contributed by atoms with Crippen molar-refractivity contribution in [2.75, 3.05) is 18.6 Å². The van der Waals surface area contributed by atoms with E-state index in [0.29, 0.717) is 27.8 Å². The summed E-state index contributed by atoms with van der Waals surface area (Å²) in [5.74, 6) is -1.86. The first-order valence-electron chi connectivity index (χ1n) is 10.4. The smallest absolute Gasteiger partial charge is 0.352 e. The second-order valence-corrected chi connectivity index (χ2v) is 9.74. The van der Waals surface area contributed by atoms with Crippen LogP contribution in [0.5, 0.6) is 0 Å². The number of hydrogen-bond acceptors (Lipinski definition) is 11. The van der Waals surface area contributed by atoms with Crippen molar-refractivity contribution in [2.45, 2.75) is 18.0 Å². The van der Waals surface area contributed by atoms with Gasteiger partial charge in [0.05, 0.1) is 24.7 Å². The van der Waals surface area contributed by atoms with Crippen molar-refractivity contribution in [3.8, 4) is 0 Å². The monoisotopic (exact) mass is 533 g/mol. The number of carbonyl (C=O) groups is 3. The number of hydrogen-bond donors (Lipinski definition) is 5. The van der Waals surface area contributed by atoms with E-state index in [1.807, 2.05) is 0 Å². The molecule has 2 atom stereocenters. The van der Waals surface area contributed by atoms with Crippen LogP contribution in [0.2, 0.25) is 0 Å². The summed E-state index contributed by atoms with van der Waals surface area (Å²) in [6, 6.07) is 2.48. The lowest BCUT2D eigenvalue weighted by molar-refractivity contribution is -0.666. The Hall–Kier alpha value is -3.96. The van der Waals surface area contributed by atoms with Gasteiger partial charge < -0.3 is 26.7 Å². The number of amides is 2.